The van der Waals surface area contributed by atoms with Crippen molar-refractivity contribution < 1.29 is 13.6 Å². The van der Waals surface area contributed by atoms with Crippen LogP contribution in [0.1, 0.15) is 34.8 Å². The number of rotatable bonds is 2. The molecule has 0 spiro atoms. The van der Waals surface area contributed by atoms with Gasteiger partial charge in [0, 0.05) is 15.6 Å². The summed E-state index contributed by atoms with van der Waals surface area (Å²) in [7, 11) is 0. The maximum Gasteiger partial charge on any atom is 0.265 e. The number of ketones is 1. The van der Waals surface area contributed by atoms with E-state index < -0.39 is 6.43 Å². The molecule has 0 atom stereocenters. The highest BCUT2D eigenvalue weighted by molar-refractivity contribution is 9.10. The molecule has 0 N–H and O–H groups in total. The van der Waals surface area contributed by atoms with Crippen LogP contribution >= 0.6 is 15.9 Å². The summed E-state index contributed by atoms with van der Waals surface area (Å²) in [4.78, 5) is 11.1. The van der Waals surface area contributed by atoms with Gasteiger partial charge in [-0.25, -0.2) is 8.78 Å². The number of alkyl halides is 2. The Kier molecular flexibility index (Phi) is 3.37. The minimum absolute atomic E-state index is 0.0810. The Balaban J connectivity index is 3.45. The second-order valence-electron chi connectivity index (χ2n) is 3.01. The van der Waals surface area contributed by atoms with Gasteiger partial charge in [0.2, 0.25) is 0 Å². The van der Waals surface area contributed by atoms with Crippen molar-refractivity contribution in [3.8, 4) is 0 Å². The summed E-state index contributed by atoms with van der Waals surface area (Å²) >= 11 is 3.07. The van der Waals surface area contributed by atoms with Crippen LogP contribution in [0, 0.1) is 6.92 Å². The van der Waals surface area contributed by atoms with Gasteiger partial charge in [-0.15, -0.1) is 0 Å². The van der Waals surface area contributed by atoms with Crippen LogP contribution < -0.4 is 0 Å². The van der Waals surface area contributed by atoms with Gasteiger partial charge in [0.1, 0.15) is 0 Å². The fourth-order valence-electron chi connectivity index (χ4n) is 1.22. The maximum atomic E-state index is 12.6. The summed E-state index contributed by atoms with van der Waals surface area (Å²) in [6.45, 7) is 2.99. The van der Waals surface area contributed by atoms with Crippen LogP contribution in [0.2, 0.25) is 0 Å². The SMILES string of the molecule is CC(=O)c1ccc(C)c(Br)c1C(F)F. The maximum absolute atomic E-state index is 12.6. The highest BCUT2D eigenvalue weighted by Gasteiger charge is 2.20. The molecule has 0 unspecified atom stereocenters. The summed E-state index contributed by atoms with van der Waals surface area (Å²) in [5, 5.41) is 0. The third kappa shape index (κ3) is 2.00. The van der Waals surface area contributed by atoms with Gasteiger partial charge in [0.25, 0.3) is 6.43 Å². The lowest BCUT2D eigenvalue weighted by molar-refractivity contribution is 0.0998. The van der Waals surface area contributed by atoms with E-state index in [0.29, 0.717) is 10.0 Å². The topological polar surface area (TPSA) is 17.1 Å². The first-order valence-electron chi connectivity index (χ1n) is 4.03. The lowest BCUT2D eigenvalue weighted by atomic mass is 10.0. The Hall–Kier alpha value is -0.770. The summed E-state index contributed by atoms with van der Waals surface area (Å²) in [5.41, 5.74) is 0.570. The smallest absolute Gasteiger partial charge is 0.265 e. The van der Waals surface area contributed by atoms with Crippen molar-refractivity contribution in [1.29, 1.82) is 0 Å². The van der Waals surface area contributed by atoms with Gasteiger partial charge in [-0.2, -0.15) is 0 Å². The molecule has 0 aliphatic heterocycles. The molecule has 4 heteroatoms. The highest BCUT2D eigenvalue weighted by atomic mass is 79.9. The molecule has 1 nitrogen and oxygen atoms in total. The number of hydrogen-bond donors (Lipinski definition) is 0. The van der Waals surface area contributed by atoms with E-state index in [1.54, 1.807) is 13.0 Å². The van der Waals surface area contributed by atoms with Crippen molar-refractivity contribution in [2.24, 2.45) is 0 Å². The van der Waals surface area contributed by atoms with Gasteiger partial charge in [-0.05, 0) is 19.4 Å². The lowest BCUT2D eigenvalue weighted by Crippen LogP contribution is -2.02. The summed E-state index contributed by atoms with van der Waals surface area (Å²) < 4.78 is 25.6. The minimum Gasteiger partial charge on any atom is -0.294 e. The molecule has 0 radical (unpaired) electrons. The largest absolute Gasteiger partial charge is 0.294 e. The molecule has 0 aliphatic carbocycles. The van der Waals surface area contributed by atoms with Crippen molar-refractivity contribution >= 4 is 21.7 Å². The van der Waals surface area contributed by atoms with Crippen LogP contribution in [0.15, 0.2) is 16.6 Å². The molecule has 1 rings (SSSR count). The number of aryl methyl sites for hydroxylation is 1. The monoisotopic (exact) mass is 262 g/mol. The number of Topliss-reactive ketones (excluding diaryl/α,β-unsaturated/α-hetero) is 1. The first-order valence-corrected chi connectivity index (χ1v) is 4.82. The zero-order valence-corrected chi connectivity index (χ0v) is 9.36. The number of halogens is 3. The number of carbonyl (C=O) groups excluding carboxylic acids is 1. The van der Waals surface area contributed by atoms with E-state index >= 15 is 0 Å². The normalized spacial score (nSPS) is 10.7. The van der Waals surface area contributed by atoms with Gasteiger partial charge in [-0.3, -0.25) is 4.79 Å². The molecule has 1 aromatic carbocycles. The second kappa shape index (κ2) is 4.17. The van der Waals surface area contributed by atoms with Crippen LogP contribution in [0.25, 0.3) is 0 Å². The fourth-order valence-corrected chi connectivity index (χ4v) is 1.74. The average molecular weight is 263 g/mol. The van der Waals surface area contributed by atoms with Crippen LogP contribution in [-0.4, -0.2) is 5.78 Å². The Labute approximate surface area is 89.3 Å². The van der Waals surface area contributed by atoms with E-state index in [4.69, 9.17) is 0 Å². The van der Waals surface area contributed by atoms with Crippen molar-refractivity contribution in [1.82, 2.24) is 0 Å². The van der Waals surface area contributed by atoms with Crippen molar-refractivity contribution in [2.45, 2.75) is 20.3 Å². The Morgan fingerprint density at radius 3 is 2.43 bits per heavy atom. The number of hydrogen-bond acceptors (Lipinski definition) is 1. The predicted octanol–water partition coefficient (Wildman–Crippen LogP) is 3.90. The van der Waals surface area contributed by atoms with E-state index in [2.05, 4.69) is 15.9 Å². The molecule has 0 saturated heterocycles. The second-order valence-corrected chi connectivity index (χ2v) is 3.81. The summed E-state index contributed by atoms with van der Waals surface area (Å²) in [6, 6.07) is 3.08. The minimum atomic E-state index is -2.64. The predicted molar refractivity (Wildman–Crippen MR) is 53.8 cm³/mol. The molecule has 14 heavy (non-hydrogen) atoms. The van der Waals surface area contributed by atoms with E-state index in [-0.39, 0.29) is 16.9 Å². The molecule has 0 aromatic heterocycles. The van der Waals surface area contributed by atoms with E-state index in [1.165, 1.54) is 13.0 Å². The van der Waals surface area contributed by atoms with Gasteiger partial charge < -0.3 is 0 Å². The Bertz CT molecular complexity index is 375. The van der Waals surface area contributed by atoms with Crippen LogP contribution in [0.3, 0.4) is 0 Å². The van der Waals surface area contributed by atoms with E-state index in [0.717, 1.165) is 0 Å². The molecule has 0 heterocycles. The number of benzene rings is 1. The quantitative estimate of drug-likeness (QED) is 0.739. The standard InChI is InChI=1S/C10H9BrF2O/c1-5-3-4-7(6(2)14)8(9(5)11)10(12)13/h3-4,10H,1-2H3. The van der Waals surface area contributed by atoms with Gasteiger partial charge in [-0.1, -0.05) is 28.1 Å². The van der Waals surface area contributed by atoms with E-state index in [9.17, 15) is 13.6 Å². The van der Waals surface area contributed by atoms with Crippen LogP contribution in [0.4, 0.5) is 8.78 Å². The van der Waals surface area contributed by atoms with E-state index in [1.807, 2.05) is 0 Å². The van der Waals surface area contributed by atoms with Gasteiger partial charge in [0.15, 0.2) is 5.78 Å². The molecule has 76 valence electrons. The molecule has 0 aliphatic rings. The van der Waals surface area contributed by atoms with Crippen molar-refractivity contribution in [3.63, 3.8) is 0 Å². The number of carbonyl (C=O) groups is 1. The average Bonchev–Trinajstić information content (AvgIpc) is 2.08. The summed E-state index contributed by atoms with van der Waals surface area (Å²) in [6.07, 6.45) is -2.64. The molecule has 0 saturated carbocycles. The van der Waals surface area contributed by atoms with Gasteiger partial charge in [0.05, 0.1) is 0 Å². The first-order chi connectivity index (χ1) is 6.45. The molecule has 1 aromatic rings. The van der Waals surface area contributed by atoms with Crippen molar-refractivity contribution in [2.75, 3.05) is 0 Å². The first kappa shape index (κ1) is 11.3. The molecule has 0 fully saturated rings. The Morgan fingerprint density at radius 2 is 2.00 bits per heavy atom. The highest BCUT2D eigenvalue weighted by Crippen LogP contribution is 2.33. The fraction of sp³-hybridized carbons (Fsp3) is 0.300. The van der Waals surface area contributed by atoms with Gasteiger partial charge >= 0.3 is 0 Å². The third-order valence-corrected chi connectivity index (χ3v) is 3.02. The van der Waals surface area contributed by atoms with Crippen LogP contribution in [0.5, 0.6) is 0 Å². The Morgan fingerprint density at radius 1 is 1.43 bits per heavy atom. The lowest BCUT2D eigenvalue weighted by Gasteiger charge is -2.10. The summed E-state index contributed by atoms with van der Waals surface area (Å²) in [5.74, 6) is -0.346. The molecule has 0 amide bonds. The zero-order valence-electron chi connectivity index (χ0n) is 7.77. The zero-order chi connectivity index (χ0) is 10.9. The molecule has 0 bridgehead atoms. The molecular weight excluding hydrogens is 254 g/mol. The third-order valence-electron chi connectivity index (χ3n) is 1.97. The van der Waals surface area contributed by atoms with Crippen LogP contribution in [-0.2, 0) is 0 Å². The molecular formula is C10H9BrF2O. The van der Waals surface area contributed by atoms with Crippen molar-refractivity contribution in [3.05, 3.63) is 33.3 Å².